The van der Waals surface area contributed by atoms with Crippen LogP contribution in [-0.2, 0) is 0 Å². The SMILES string of the molecule is Cc1ccccc1OCCCC[NH2+]C(C)(C)C. The highest BCUT2D eigenvalue weighted by atomic mass is 16.5. The molecule has 0 aliphatic carbocycles. The maximum Gasteiger partial charge on any atom is 0.122 e. The van der Waals surface area contributed by atoms with Gasteiger partial charge in [-0.2, -0.15) is 0 Å². The van der Waals surface area contributed by atoms with E-state index in [-0.39, 0.29) is 0 Å². The summed E-state index contributed by atoms with van der Waals surface area (Å²) < 4.78 is 5.76. The van der Waals surface area contributed by atoms with Gasteiger partial charge in [-0.15, -0.1) is 0 Å². The number of benzene rings is 1. The van der Waals surface area contributed by atoms with Crippen LogP contribution in [0.4, 0.5) is 0 Å². The molecule has 0 bridgehead atoms. The summed E-state index contributed by atoms with van der Waals surface area (Å²) in [6.45, 7) is 10.8. The lowest BCUT2D eigenvalue weighted by Gasteiger charge is -2.16. The van der Waals surface area contributed by atoms with E-state index in [0.29, 0.717) is 5.54 Å². The lowest BCUT2D eigenvalue weighted by Crippen LogP contribution is -2.94. The fourth-order valence-electron chi connectivity index (χ4n) is 1.68. The number of hydrogen-bond donors (Lipinski definition) is 1. The summed E-state index contributed by atoms with van der Waals surface area (Å²) in [6.07, 6.45) is 2.34. The average Bonchev–Trinajstić information content (AvgIpc) is 2.24. The summed E-state index contributed by atoms with van der Waals surface area (Å²) in [6, 6.07) is 8.19. The number of unbranched alkanes of at least 4 members (excludes halogenated alkanes) is 1. The Morgan fingerprint density at radius 1 is 1.12 bits per heavy atom. The lowest BCUT2D eigenvalue weighted by molar-refractivity contribution is -0.717. The smallest absolute Gasteiger partial charge is 0.122 e. The summed E-state index contributed by atoms with van der Waals surface area (Å²) in [5, 5.41) is 2.39. The summed E-state index contributed by atoms with van der Waals surface area (Å²) in [5.74, 6) is 1.02. The summed E-state index contributed by atoms with van der Waals surface area (Å²) in [7, 11) is 0. The molecule has 1 aromatic rings. The molecular formula is C15H26NO+. The number of para-hydroxylation sites is 1. The van der Waals surface area contributed by atoms with Crippen molar-refractivity contribution in [1.82, 2.24) is 0 Å². The first kappa shape index (κ1) is 14.0. The van der Waals surface area contributed by atoms with Crippen LogP contribution in [0.5, 0.6) is 5.75 Å². The van der Waals surface area contributed by atoms with Gasteiger partial charge in [0.25, 0.3) is 0 Å². The summed E-state index contributed by atoms with van der Waals surface area (Å²) in [4.78, 5) is 0. The third-order valence-corrected chi connectivity index (χ3v) is 2.71. The van der Waals surface area contributed by atoms with Gasteiger partial charge >= 0.3 is 0 Å². The fraction of sp³-hybridized carbons (Fsp3) is 0.600. The van der Waals surface area contributed by atoms with Gasteiger partial charge in [0.15, 0.2) is 0 Å². The lowest BCUT2D eigenvalue weighted by atomic mass is 10.1. The molecule has 0 saturated heterocycles. The molecular weight excluding hydrogens is 210 g/mol. The van der Waals surface area contributed by atoms with Crippen molar-refractivity contribution in [2.24, 2.45) is 0 Å². The third kappa shape index (κ3) is 6.32. The van der Waals surface area contributed by atoms with Gasteiger partial charge in [0.2, 0.25) is 0 Å². The zero-order chi connectivity index (χ0) is 12.7. The van der Waals surface area contributed by atoms with Gasteiger partial charge in [-0.05, 0) is 52.2 Å². The quantitative estimate of drug-likeness (QED) is 0.755. The Hall–Kier alpha value is -1.02. The van der Waals surface area contributed by atoms with Crippen LogP contribution < -0.4 is 10.1 Å². The van der Waals surface area contributed by atoms with Gasteiger partial charge in [0.05, 0.1) is 18.7 Å². The number of ether oxygens (including phenoxy) is 1. The van der Waals surface area contributed by atoms with Crippen molar-refractivity contribution in [3.05, 3.63) is 29.8 Å². The second kappa shape index (κ2) is 6.65. The van der Waals surface area contributed by atoms with Gasteiger partial charge in [0.1, 0.15) is 5.75 Å². The van der Waals surface area contributed by atoms with Crippen LogP contribution in [0.25, 0.3) is 0 Å². The molecule has 96 valence electrons. The van der Waals surface area contributed by atoms with Gasteiger partial charge in [-0.1, -0.05) is 18.2 Å². The van der Waals surface area contributed by atoms with Crippen LogP contribution in [0.2, 0.25) is 0 Å². The average molecular weight is 236 g/mol. The van der Waals surface area contributed by atoms with Crippen molar-refractivity contribution in [2.45, 2.75) is 46.1 Å². The highest BCUT2D eigenvalue weighted by Crippen LogP contribution is 2.16. The normalized spacial score (nSPS) is 11.5. The van der Waals surface area contributed by atoms with E-state index in [4.69, 9.17) is 4.74 Å². The first-order chi connectivity index (χ1) is 7.99. The Balaban J connectivity index is 2.11. The minimum atomic E-state index is 0.344. The maximum atomic E-state index is 5.76. The molecule has 17 heavy (non-hydrogen) atoms. The fourth-order valence-corrected chi connectivity index (χ4v) is 1.68. The van der Waals surface area contributed by atoms with Crippen LogP contribution in [-0.4, -0.2) is 18.7 Å². The molecule has 1 aromatic carbocycles. The van der Waals surface area contributed by atoms with Crippen LogP contribution in [0.1, 0.15) is 39.2 Å². The standard InChI is InChI=1S/C15H25NO/c1-13-9-5-6-10-14(13)17-12-8-7-11-16-15(2,3)4/h5-6,9-10,16H,7-8,11-12H2,1-4H3/p+1. The second-order valence-electron chi connectivity index (χ2n) is 5.68. The largest absolute Gasteiger partial charge is 0.493 e. The third-order valence-electron chi connectivity index (χ3n) is 2.71. The number of rotatable bonds is 6. The van der Waals surface area contributed by atoms with E-state index < -0.39 is 0 Å². The highest BCUT2D eigenvalue weighted by molar-refractivity contribution is 5.31. The maximum absolute atomic E-state index is 5.76. The molecule has 0 atom stereocenters. The Bertz CT molecular complexity index is 328. The molecule has 0 heterocycles. The number of nitrogens with two attached hydrogens (primary N) is 1. The van der Waals surface area contributed by atoms with E-state index in [1.165, 1.54) is 18.5 Å². The van der Waals surface area contributed by atoms with Crippen LogP contribution >= 0.6 is 0 Å². The predicted octanol–water partition coefficient (Wildman–Crippen LogP) is 2.52. The predicted molar refractivity (Wildman–Crippen MR) is 72.5 cm³/mol. The molecule has 2 N–H and O–H groups in total. The van der Waals surface area contributed by atoms with Crippen molar-refractivity contribution in [3.8, 4) is 5.75 Å². The first-order valence-electron chi connectivity index (χ1n) is 6.52. The molecule has 0 spiro atoms. The molecule has 0 fully saturated rings. The highest BCUT2D eigenvalue weighted by Gasteiger charge is 2.11. The topological polar surface area (TPSA) is 25.8 Å². The van der Waals surface area contributed by atoms with Crippen molar-refractivity contribution in [2.75, 3.05) is 13.2 Å². The van der Waals surface area contributed by atoms with Crippen molar-refractivity contribution in [1.29, 1.82) is 0 Å². The van der Waals surface area contributed by atoms with Gasteiger partial charge in [0, 0.05) is 0 Å². The van der Waals surface area contributed by atoms with Gasteiger partial charge in [-0.3, -0.25) is 0 Å². The van der Waals surface area contributed by atoms with E-state index in [9.17, 15) is 0 Å². The van der Waals surface area contributed by atoms with Crippen LogP contribution in [0.3, 0.4) is 0 Å². The molecule has 1 rings (SSSR count). The molecule has 0 aliphatic rings. The minimum Gasteiger partial charge on any atom is -0.493 e. The molecule has 0 amide bonds. The number of aryl methyl sites for hydroxylation is 1. The van der Waals surface area contributed by atoms with E-state index in [1.807, 2.05) is 18.2 Å². The van der Waals surface area contributed by atoms with Gasteiger partial charge < -0.3 is 10.1 Å². The van der Waals surface area contributed by atoms with E-state index >= 15 is 0 Å². The Labute approximate surface area is 105 Å². The summed E-state index contributed by atoms with van der Waals surface area (Å²) >= 11 is 0. The molecule has 0 aromatic heterocycles. The molecule has 0 aliphatic heterocycles. The number of quaternary nitrogens is 1. The van der Waals surface area contributed by atoms with Crippen LogP contribution in [0.15, 0.2) is 24.3 Å². The molecule has 0 unspecified atom stereocenters. The monoisotopic (exact) mass is 236 g/mol. The first-order valence-corrected chi connectivity index (χ1v) is 6.52. The minimum absolute atomic E-state index is 0.344. The van der Waals surface area contributed by atoms with E-state index in [1.54, 1.807) is 0 Å². The molecule has 0 saturated carbocycles. The van der Waals surface area contributed by atoms with E-state index in [0.717, 1.165) is 18.8 Å². The molecule has 0 radical (unpaired) electrons. The van der Waals surface area contributed by atoms with Crippen molar-refractivity contribution in [3.63, 3.8) is 0 Å². The summed E-state index contributed by atoms with van der Waals surface area (Å²) in [5.41, 5.74) is 1.56. The Morgan fingerprint density at radius 3 is 2.47 bits per heavy atom. The van der Waals surface area contributed by atoms with E-state index in [2.05, 4.69) is 39.1 Å². The number of hydrogen-bond acceptors (Lipinski definition) is 1. The Kier molecular flexibility index (Phi) is 5.49. The zero-order valence-electron chi connectivity index (χ0n) is 11.6. The van der Waals surface area contributed by atoms with Crippen molar-refractivity contribution < 1.29 is 10.1 Å². The molecule has 2 nitrogen and oxygen atoms in total. The van der Waals surface area contributed by atoms with Crippen molar-refractivity contribution >= 4 is 0 Å². The Morgan fingerprint density at radius 2 is 1.82 bits per heavy atom. The van der Waals surface area contributed by atoms with Gasteiger partial charge in [-0.25, -0.2) is 0 Å². The molecule has 2 heteroatoms. The zero-order valence-corrected chi connectivity index (χ0v) is 11.6. The van der Waals surface area contributed by atoms with Crippen LogP contribution in [0, 0.1) is 6.92 Å². The second-order valence-corrected chi connectivity index (χ2v) is 5.68.